The summed E-state index contributed by atoms with van der Waals surface area (Å²) in [6, 6.07) is 7.43. The molecule has 7 rings (SSSR count). The number of fused-ring (bicyclic) bond motifs is 1. The summed E-state index contributed by atoms with van der Waals surface area (Å²) in [4.78, 5) is 20.1. The van der Waals surface area contributed by atoms with E-state index in [1.807, 2.05) is 28.0 Å². The van der Waals surface area contributed by atoms with Gasteiger partial charge in [-0.25, -0.2) is 15.0 Å². The molecule has 3 fully saturated rings. The van der Waals surface area contributed by atoms with Gasteiger partial charge in [-0.15, -0.1) is 0 Å². The Bertz CT molecular complexity index is 1700. The smallest absolute Gasteiger partial charge is 0.392 e. The average molecular weight is 621 g/mol. The number of aliphatic hydroxyl groups is 1. The van der Waals surface area contributed by atoms with E-state index in [-0.39, 0.29) is 17.4 Å². The molecule has 3 N–H and O–H groups in total. The van der Waals surface area contributed by atoms with E-state index in [0.29, 0.717) is 44.1 Å². The quantitative estimate of drug-likeness (QED) is 0.266. The van der Waals surface area contributed by atoms with Crippen molar-refractivity contribution in [2.45, 2.75) is 75.0 Å². The van der Waals surface area contributed by atoms with Crippen LogP contribution in [0.15, 0.2) is 43.1 Å². The van der Waals surface area contributed by atoms with Gasteiger partial charge in [-0.05, 0) is 55.9 Å². The lowest BCUT2D eigenvalue weighted by atomic mass is 9.69. The molecule has 4 aromatic heterocycles. The first-order valence-electron chi connectivity index (χ1n) is 15.4. The van der Waals surface area contributed by atoms with Crippen LogP contribution in [0.5, 0.6) is 0 Å². The van der Waals surface area contributed by atoms with Crippen molar-refractivity contribution in [1.82, 2.24) is 39.5 Å². The summed E-state index contributed by atoms with van der Waals surface area (Å²) in [5.74, 6) is 0.241. The van der Waals surface area contributed by atoms with E-state index in [0.717, 1.165) is 67.1 Å². The molecule has 0 radical (unpaired) electrons. The number of aliphatic hydroxyl groups excluding tert-OH is 1. The molecule has 11 nitrogen and oxygen atoms in total. The number of H-pyrrole nitrogens is 1. The highest BCUT2D eigenvalue weighted by atomic mass is 19.4. The zero-order valence-corrected chi connectivity index (χ0v) is 24.7. The number of β-amino-alcohol motifs (C(OH)–C–C–N with tert-alkyl or cyclic N) is 1. The molecular formula is C31H35F3N10O. The number of likely N-dealkylation sites (tertiary alicyclic amines) is 2. The lowest BCUT2D eigenvalue weighted by molar-refractivity contribution is -0.141. The lowest BCUT2D eigenvalue weighted by Crippen LogP contribution is -2.58. The van der Waals surface area contributed by atoms with Crippen LogP contribution in [0.2, 0.25) is 0 Å². The Morgan fingerprint density at radius 1 is 1.13 bits per heavy atom. The number of alkyl halides is 3. The number of aromatic amines is 1. The van der Waals surface area contributed by atoms with Gasteiger partial charge in [-0.3, -0.25) is 9.58 Å². The second-order valence-electron chi connectivity index (χ2n) is 12.6. The predicted octanol–water partition coefficient (Wildman–Crippen LogP) is 4.15. The van der Waals surface area contributed by atoms with Crippen molar-refractivity contribution in [3.63, 3.8) is 0 Å². The van der Waals surface area contributed by atoms with Crippen LogP contribution >= 0.6 is 0 Å². The summed E-state index contributed by atoms with van der Waals surface area (Å²) in [6.45, 7) is 3.07. The van der Waals surface area contributed by atoms with E-state index in [2.05, 4.69) is 41.3 Å². The highest BCUT2D eigenvalue weighted by molar-refractivity contribution is 5.90. The summed E-state index contributed by atoms with van der Waals surface area (Å²) in [7, 11) is 0. The molecule has 0 unspecified atom stereocenters. The highest BCUT2D eigenvalue weighted by Crippen LogP contribution is 2.45. The van der Waals surface area contributed by atoms with Gasteiger partial charge in [0.1, 0.15) is 23.5 Å². The standard InChI is InChI=1S/C31H35F3N10O/c32-31(33,34)26-11-20(16-42-8-4-24(45)18-42)12-27(41-26)40-22-2-9-43(10-3-22)23-13-30(14-23,5-6-35)44-17-21(15-39-44)28-25-1-7-36-29(25)38-19-37-28/h1,7,11-12,15,17,19,22-24,45H,2-5,8-10,13-14,16,18H2,(H,40,41)(H,36,37,38)/t23-,24-,30+/m0/s1. The van der Waals surface area contributed by atoms with Gasteiger partial charge >= 0.3 is 6.18 Å². The van der Waals surface area contributed by atoms with Crippen molar-refractivity contribution in [2.24, 2.45) is 0 Å². The van der Waals surface area contributed by atoms with E-state index >= 15 is 0 Å². The number of hydrogen-bond acceptors (Lipinski definition) is 9. The van der Waals surface area contributed by atoms with Crippen LogP contribution in [0.25, 0.3) is 22.3 Å². The molecule has 6 heterocycles. The minimum Gasteiger partial charge on any atom is -0.392 e. The summed E-state index contributed by atoms with van der Waals surface area (Å²) in [5.41, 5.74) is 1.67. The van der Waals surface area contributed by atoms with Crippen molar-refractivity contribution in [1.29, 1.82) is 5.26 Å². The van der Waals surface area contributed by atoms with Gasteiger partial charge in [-0.1, -0.05) is 0 Å². The van der Waals surface area contributed by atoms with Crippen LogP contribution in [0.3, 0.4) is 0 Å². The van der Waals surface area contributed by atoms with Crippen molar-refractivity contribution in [3.05, 3.63) is 54.4 Å². The molecule has 0 spiro atoms. The van der Waals surface area contributed by atoms with Crippen LogP contribution in [0.4, 0.5) is 19.0 Å². The topological polar surface area (TPSA) is 135 Å². The van der Waals surface area contributed by atoms with Gasteiger partial charge in [0.05, 0.1) is 36.0 Å². The zero-order chi connectivity index (χ0) is 31.2. The largest absolute Gasteiger partial charge is 0.433 e. The predicted molar refractivity (Wildman–Crippen MR) is 160 cm³/mol. The van der Waals surface area contributed by atoms with Crippen LogP contribution in [0, 0.1) is 11.3 Å². The fourth-order valence-corrected chi connectivity index (χ4v) is 7.17. The summed E-state index contributed by atoms with van der Waals surface area (Å²) < 4.78 is 43.0. The van der Waals surface area contributed by atoms with Crippen molar-refractivity contribution in [3.8, 4) is 17.3 Å². The number of anilines is 1. The lowest BCUT2D eigenvalue weighted by Gasteiger charge is -2.52. The summed E-state index contributed by atoms with van der Waals surface area (Å²) in [5, 5.41) is 28.4. The van der Waals surface area contributed by atoms with E-state index in [1.54, 1.807) is 12.3 Å². The monoisotopic (exact) mass is 620 g/mol. The van der Waals surface area contributed by atoms with E-state index in [4.69, 9.17) is 0 Å². The molecule has 236 valence electrons. The second-order valence-corrected chi connectivity index (χ2v) is 12.6. The maximum Gasteiger partial charge on any atom is 0.433 e. The Morgan fingerprint density at radius 3 is 2.69 bits per heavy atom. The Labute approximate surface area is 258 Å². The van der Waals surface area contributed by atoms with Gasteiger partial charge in [0.15, 0.2) is 0 Å². The Hall–Kier alpha value is -4.06. The summed E-state index contributed by atoms with van der Waals surface area (Å²) in [6.07, 6.45) is 6.27. The molecule has 14 heteroatoms. The third kappa shape index (κ3) is 5.99. The molecule has 0 aromatic carbocycles. The third-order valence-electron chi connectivity index (χ3n) is 9.56. The van der Waals surface area contributed by atoms with Gasteiger partial charge < -0.3 is 20.3 Å². The van der Waals surface area contributed by atoms with Crippen LogP contribution < -0.4 is 5.32 Å². The number of nitriles is 1. The molecule has 0 bridgehead atoms. The van der Waals surface area contributed by atoms with Crippen LogP contribution in [-0.4, -0.2) is 89.0 Å². The van der Waals surface area contributed by atoms with Crippen molar-refractivity contribution < 1.29 is 18.3 Å². The molecule has 4 aromatic rings. The number of rotatable bonds is 8. The maximum atomic E-state index is 13.7. The number of halogens is 3. The number of nitrogens with zero attached hydrogens (tertiary/aromatic N) is 8. The van der Waals surface area contributed by atoms with Gasteiger partial charge in [0.2, 0.25) is 0 Å². The number of aromatic nitrogens is 6. The Balaban J connectivity index is 0.982. The Kier molecular flexibility index (Phi) is 7.71. The fourth-order valence-electron chi connectivity index (χ4n) is 7.17. The second kappa shape index (κ2) is 11.7. The Morgan fingerprint density at radius 2 is 1.96 bits per heavy atom. The first kappa shape index (κ1) is 29.6. The first-order chi connectivity index (χ1) is 21.7. The normalized spacial score (nSPS) is 25.0. The van der Waals surface area contributed by atoms with Crippen molar-refractivity contribution in [2.75, 3.05) is 31.5 Å². The number of piperidine rings is 1. The summed E-state index contributed by atoms with van der Waals surface area (Å²) >= 11 is 0. The minimum absolute atomic E-state index is 0.00874. The van der Waals surface area contributed by atoms with Crippen LogP contribution in [0.1, 0.15) is 49.8 Å². The first-order valence-corrected chi connectivity index (χ1v) is 15.4. The molecule has 0 amide bonds. The van der Waals surface area contributed by atoms with E-state index in [1.165, 1.54) is 6.33 Å². The highest BCUT2D eigenvalue weighted by Gasteiger charge is 2.49. The third-order valence-corrected chi connectivity index (χ3v) is 9.56. The molecule has 1 aliphatic carbocycles. The molecule has 45 heavy (non-hydrogen) atoms. The van der Waals surface area contributed by atoms with E-state index in [9.17, 15) is 23.5 Å². The zero-order valence-electron chi connectivity index (χ0n) is 24.7. The molecule has 1 saturated carbocycles. The molecular weight excluding hydrogens is 585 g/mol. The molecule has 2 saturated heterocycles. The van der Waals surface area contributed by atoms with Crippen LogP contribution in [-0.2, 0) is 18.3 Å². The number of nitrogens with one attached hydrogen (secondary N) is 2. The maximum absolute atomic E-state index is 13.7. The minimum atomic E-state index is -4.54. The van der Waals surface area contributed by atoms with E-state index < -0.39 is 18.0 Å². The number of pyridine rings is 1. The average Bonchev–Trinajstić information content (AvgIpc) is 3.76. The molecule has 1 atom stereocenters. The van der Waals surface area contributed by atoms with Gasteiger partial charge in [0.25, 0.3) is 0 Å². The molecule has 2 aliphatic heterocycles. The van der Waals surface area contributed by atoms with Gasteiger partial charge in [-0.2, -0.15) is 23.5 Å². The van der Waals surface area contributed by atoms with Crippen molar-refractivity contribution >= 4 is 16.9 Å². The SMILES string of the molecule is N#CC[C@]1(n2cc(-c3ncnc4[nH]ccc34)cn2)C[C@@H](N2CCC(Nc3cc(CN4CC[C@H](O)C4)cc(C(F)(F)F)n3)CC2)C1. The molecule has 3 aliphatic rings. The fraction of sp³-hybridized carbons (Fsp3) is 0.516. The number of hydrogen-bond donors (Lipinski definition) is 3. The van der Waals surface area contributed by atoms with Gasteiger partial charge in [0, 0.05) is 68.2 Å².